The summed E-state index contributed by atoms with van der Waals surface area (Å²) in [7, 11) is 0. The molecule has 1 aliphatic carbocycles. The van der Waals surface area contributed by atoms with Crippen LogP contribution in [0.1, 0.15) is 32.5 Å². The molecule has 2 aromatic carbocycles. The van der Waals surface area contributed by atoms with Crippen molar-refractivity contribution in [2.45, 2.75) is 27.7 Å². The van der Waals surface area contributed by atoms with Crippen molar-refractivity contribution < 1.29 is 0 Å². The van der Waals surface area contributed by atoms with Crippen LogP contribution in [0.3, 0.4) is 0 Å². The van der Waals surface area contributed by atoms with Crippen LogP contribution in [-0.2, 0) is 6.42 Å². The monoisotopic (exact) mass is 316 g/mol. The van der Waals surface area contributed by atoms with Gasteiger partial charge in [0.15, 0.2) is 0 Å². The Morgan fingerprint density at radius 2 is 1.50 bits per heavy atom. The van der Waals surface area contributed by atoms with Crippen LogP contribution in [0, 0.1) is 0 Å². The van der Waals surface area contributed by atoms with E-state index in [1.165, 1.54) is 16.7 Å². The topological polar surface area (TPSA) is 25.8 Å². The third kappa shape index (κ3) is 3.43. The van der Waals surface area contributed by atoms with Crippen molar-refractivity contribution in [3.8, 4) is 22.4 Å². The highest BCUT2D eigenvalue weighted by atomic mass is 14.8. The van der Waals surface area contributed by atoms with Crippen LogP contribution in [0.15, 0.2) is 67.0 Å². The molecule has 0 amide bonds. The highest BCUT2D eigenvalue weighted by Gasteiger charge is 2.14. The SMILES string of the molecule is C.C1=Cc2ncnc(-c3cccc(-c4ccccc4)c3)c2C1.CC. The summed E-state index contributed by atoms with van der Waals surface area (Å²) in [5, 5.41) is 0. The molecule has 1 heterocycles. The third-order valence-electron chi connectivity index (χ3n) is 3.82. The molecule has 0 spiro atoms. The largest absolute Gasteiger partial charge is 0.237 e. The average molecular weight is 316 g/mol. The number of benzene rings is 2. The molecule has 2 heteroatoms. The normalized spacial score (nSPS) is 11.1. The zero-order valence-electron chi connectivity index (χ0n) is 13.5. The molecular weight excluding hydrogens is 292 g/mol. The molecule has 3 aromatic rings. The van der Waals surface area contributed by atoms with Crippen molar-refractivity contribution in [2.75, 3.05) is 0 Å². The maximum Gasteiger partial charge on any atom is 0.116 e. The minimum absolute atomic E-state index is 0. The van der Waals surface area contributed by atoms with Gasteiger partial charge in [0, 0.05) is 11.1 Å². The van der Waals surface area contributed by atoms with Crippen molar-refractivity contribution in [2.24, 2.45) is 0 Å². The van der Waals surface area contributed by atoms with E-state index < -0.39 is 0 Å². The predicted octanol–water partition coefficient (Wildman–Crippen LogP) is 6.04. The maximum atomic E-state index is 4.50. The lowest BCUT2D eigenvalue weighted by atomic mass is 9.99. The van der Waals surface area contributed by atoms with Gasteiger partial charge in [-0.15, -0.1) is 0 Å². The van der Waals surface area contributed by atoms with E-state index in [0.717, 1.165) is 23.4 Å². The summed E-state index contributed by atoms with van der Waals surface area (Å²) < 4.78 is 0. The maximum absolute atomic E-state index is 4.50. The van der Waals surface area contributed by atoms with Gasteiger partial charge in [0.1, 0.15) is 6.33 Å². The van der Waals surface area contributed by atoms with Crippen LogP contribution in [0.4, 0.5) is 0 Å². The minimum Gasteiger partial charge on any atom is -0.237 e. The molecule has 1 aliphatic rings. The molecule has 0 saturated heterocycles. The molecule has 4 rings (SSSR count). The first-order valence-corrected chi connectivity index (χ1v) is 8.08. The van der Waals surface area contributed by atoms with Crippen LogP contribution in [0.5, 0.6) is 0 Å². The Kier molecular flexibility index (Phi) is 6.02. The van der Waals surface area contributed by atoms with Crippen molar-refractivity contribution in [3.63, 3.8) is 0 Å². The van der Waals surface area contributed by atoms with Gasteiger partial charge in [0.25, 0.3) is 0 Å². The third-order valence-corrected chi connectivity index (χ3v) is 3.82. The van der Waals surface area contributed by atoms with Crippen molar-refractivity contribution in [1.82, 2.24) is 9.97 Å². The predicted molar refractivity (Wildman–Crippen MR) is 104 cm³/mol. The van der Waals surface area contributed by atoms with Gasteiger partial charge in [-0.25, -0.2) is 9.97 Å². The summed E-state index contributed by atoms with van der Waals surface area (Å²) in [5.74, 6) is 0. The van der Waals surface area contributed by atoms with E-state index in [4.69, 9.17) is 0 Å². The van der Waals surface area contributed by atoms with Crippen LogP contribution in [0.2, 0.25) is 0 Å². The summed E-state index contributed by atoms with van der Waals surface area (Å²) in [4.78, 5) is 8.83. The Labute approximate surface area is 144 Å². The van der Waals surface area contributed by atoms with Gasteiger partial charge in [-0.2, -0.15) is 0 Å². The number of hydrogen-bond donors (Lipinski definition) is 0. The van der Waals surface area contributed by atoms with Crippen LogP contribution >= 0.6 is 0 Å². The molecule has 122 valence electrons. The van der Waals surface area contributed by atoms with E-state index in [1.54, 1.807) is 6.33 Å². The Morgan fingerprint density at radius 3 is 2.29 bits per heavy atom. The summed E-state index contributed by atoms with van der Waals surface area (Å²) in [6.07, 6.45) is 6.78. The van der Waals surface area contributed by atoms with Gasteiger partial charge in [0.05, 0.1) is 11.4 Å². The van der Waals surface area contributed by atoms with Crippen LogP contribution in [0.25, 0.3) is 28.5 Å². The molecule has 0 unspecified atom stereocenters. The molecule has 1 aromatic heterocycles. The molecule has 2 nitrogen and oxygen atoms in total. The lowest BCUT2D eigenvalue weighted by Crippen LogP contribution is -1.95. The fraction of sp³-hybridized carbons (Fsp3) is 0.182. The molecule has 0 saturated carbocycles. The van der Waals surface area contributed by atoms with E-state index in [0.29, 0.717) is 0 Å². The van der Waals surface area contributed by atoms with E-state index in [1.807, 2.05) is 19.9 Å². The average Bonchev–Trinajstić information content (AvgIpc) is 3.13. The first-order valence-electron chi connectivity index (χ1n) is 8.08. The minimum atomic E-state index is 0. The Balaban J connectivity index is 0.000000670. The molecule has 0 atom stereocenters. The van der Waals surface area contributed by atoms with Gasteiger partial charge < -0.3 is 0 Å². The number of fused-ring (bicyclic) bond motifs is 1. The molecule has 0 radical (unpaired) electrons. The first-order chi connectivity index (χ1) is 11.4. The summed E-state index contributed by atoms with van der Waals surface area (Å²) in [6.45, 7) is 4.00. The van der Waals surface area contributed by atoms with Crippen molar-refractivity contribution in [3.05, 3.63) is 78.3 Å². The van der Waals surface area contributed by atoms with Gasteiger partial charge in [0.2, 0.25) is 0 Å². The Bertz CT molecular complexity index is 820. The number of hydrogen-bond acceptors (Lipinski definition) is 2. The number of nitrogens with zero attached hydrogens (tertiary/aromatic N) is 2. The van der Waals surface area contributed by atoms with Crippen LogP contribution < -0.4 is 0 Å². The fourth-order valence-corrected chi connectivity index (χ4v) is 2.78. The molecule has 0 bridgehead atoms. The smallest absolute Gasteiger partial charge is 0.116 e. The van der Waals surface area contributed by atoms with Gasteiger partial charge in [-0.1, -0.05) is 75.9 Å². The van der Waals surface area contributed by atoms with Crippen molar-refractivity contribution in [1.29, 1.82) is 0 Å². The second-order valence-electron chi connectivity index (χ2n) is 5.14. The van der Waals surface area contributed by atoms with E-state index >= 15 is 0 Å². The summed E-state index contributed by atoms with van der Waals surface area (Å²) in [5.41, 5.74) is 6.91. The first kappa shape index (κ1) is 17.6. The lowest BCUT2D eigenvalue weighted by Gasteiger charge is -2.09. The second kappa shape index (κ2) is 8.21. The molecule has 24 heavy (non-hydrogen) atoms. The Morgan fingerprint density at radius 1 is 0.792 bits per heavy atom. The second-order valence-corrected chi connectivity index (χ2v) is 5.14. The number of rotatable bonds is 2. The van der Waals surface area contributed by atoms with Gasteiger partial charge in [-0.05, 0) is 29.7 Å². The molecule has 0 N–H and O–H groups in total. The molecule has 0 fully saturated rings. The van der Waals surface area contributed by atoms with Gasteiger partial charge in [-0.3, -0.25) is 0 Å². The highest BCUT2D eigenvalue weighted by Crippen LogP contribution is 2.30. The standard InChI is InChI=1S/C19H14N2.C2H6.CH4/c1-2-6-14(7-3-1)15-8-4-9-16(12-15)19-17-10-5-11-18(17)20-13-21-19;1-2;/h1-9,11-13H,10H2;1-2H3;1H4. The fourth-order valence-electron chi connectivity index (χ4n) is 2.78. The van der Waals surface area contributed by atoms with Gasteiger partial charge >= 0.3 is 0 Å². The highest BCUT2D eigenvalue weighted by molar-refractivity contribution is 5.75. The zero-order chi connectivity index (χ0) is 16.1. The van der Waals surface area contributed by atoms with Crippen LogP contribution in [-0.4, -0.2) is 9.97 Å². The van der Waals surface area contributed by atoms with E-state index in [9.17, 15) is 0 Å². The zero-order valence-corrected chi connectivity index (χ0v) is 13.5. The Hall–Kier alpha value is -2.74. The lowest BCUT2D eigenvalue weighted by molar-refractivity contribution is 1.10. The summed E-state index contributed by atoms with van der Waals surface area (Å²) in [6, 6.07) is 19.0. The number of allylic oxidation sites excluding steroid dienone is 1. The molecule has 0 aliphatic heterocycles. The van der Waals surface area contributed by atoms with E-state index in [2.05, 4.69) is 70.7 Å². The van der Waals surface area contributed by atoms with Crippen molar-refractivity contribution >= 4 is 6.08 Å². The summed E-state index contributed by atoms with van der Waals surface area (Å²) >= 11 is 0. The number of aromatic nitrogens is 2. The van der Waals surface area contributed by atoms with E-state index in [-0.39, 0.29) is 7.43 Å². The molecular formula is C22H24N2. The quantitative estimate of drug-likeness (QED) is 0.576.